The first kappa shape index (κ1) is 15.0. The number of nitrogens with two attached hydrogens (primary N) is 1. The van der Waals surface area contributed by atoms with Crippen LogP contribution in [0.25, 0.3) is 0 Å². The minimum Gasteiger partial charge on any atom is -0.384 e. The molecule has 0 amide bonds. The van der Waals surface area contributed by atoms with Gasteiger partial charge in [-0.2, -0.15) is 0 Å². The number of anilines is 2. The summed E-state index contributed by atoms with van der Waals surface area (Å²) in [5.74, 6) is 0.814. The Morgan fingerprint density at radius 3 is 2.52 bits per heavy atom. The molecule has 21 heavy (non-hydrogen) atoms. The second-order valence-corrected chi connectivity index (χ2v) is 5.28. The smallest absolute Gasteiger partial charge is 0.144 e. The number of aryl methyl sites for hydroxylation is 3. The van der Waals surface area contributed by atoms with Crippen LogP contribution in [0.1, 0.15) is 29.3 Å². The predicted octanol–water partition coefficient (Wildman–Crippen LogP) is 3.45. The number of amidine groups is 1. The fraction of sp³-hybridized carbons (Fsp3) is 0.294. The summed E-state index contributed by atoms with van der Waals surface area (Å²) in [6.45, 7) is 8.84. The van der Waals surface area contributed by atoms with E-state index in [1.807, 2.05) is 26.0 Å². The van der Waals surface area contributed by atoms with E-state index in [0.29, 0.717) is 5.56 Å². The summed E-state index contributed by atoms with van der Waals surface area (Å²) in [5, 5.41) is 7.87. The van der Waals surface area contributed by atoms with Crippen LogP contribution in [0, 0.1) is 26.2 Å². The van der Waals surface area contributed by atoms with Gasteiger partial charge in [-0.15, -0.1) is 0 Å². The first-order valence-electron chi connectivity index (χ1n) is 7.11. The fourth-order valence-corrected chi connectivity index (χ4v) is 2.60. The van der Waals surface area contributed by atoms with Crippen molar-refractivity contribution in [1.82, 2.24) is 4.98 Å². The molecule has 0 atom stereocenters. The van der Waals surface area contributed by atoms with Crippen molar-refractivity contribution in [2.75, 3.05) is 11.4 Å². The molecule has 0 saturated heterocycles. The molecule has 110 valence electrons. The average molecular weight is 282 g/mol. The zero-order valence-corrected chi connectivity index (χ0v) is 13.1. The lowest BCUT2D eigenvalue weighted by molar-refractivity contribution is 0.969. The number of nitrogens with one attached hydrogen (secondary N) is 1. The van der Waals surface area contributed by atoms with E-state index in [1.54, 1.807) is 0 Å². The van der Waals surface area contributed by atoms with Crippen molar-refractivity contribution in [3.05, 3.63) is 52.7 Å². The molecule has 3 N–H and O–H groups in total. The molecule has 0 unspecified atom stereocenters. The highest BCUT2D eigenvalue weighted by Gasteiger charge is 2.18. The Bertz CT molecular complexity index is 676. The Morgan fingerprint density at radius 1 is 1.24 bits per heavy atom. The Morgan fingerprint density at radius 2 is 1.95 bits per heavy atom. The molecule has 0 aliphatic carbocycles. The standard InChI is InChI=1S/C17H22N4/c1-5-21(14-8-6-7-11(2)9-14)17-15(16(18)19)12(3)10-13(4)20-17/h6-10H,5H2,1-4H3,(H3,18,19). The number of hydrogen-bond donors (Lipinski definition) is 2. The SMILES string of the molecule is CCN(c1cccc(C)c1)c1nc(C)cc(C)c1C(=N)N. The minimum atomic E-state index is 0.0566. The van der Waals surface area contributed by atoms with E-state index >= 15 is 0 Å². The summed E-state index contributed by atoms with van der Waals surface area (Å²) in [4.78, 5) is 6.74. The molecule has 0 aliphatic rings. The van der Waals surface area contributed by atoms with Gasteiger partial charge in [0.05, 0.1) is 5.56 Å². The van der Waals surface area contributed by atoms with Gasteiger partial charge in [0.2, 0.25) is 0 Å². The molecule has 4 heteroatoms. The highest BCUT2D eigenvalue weighted by Crippen LogP contribution is 2.29. The third-order valence-electron chi connectivity index (χ3n) is 3.48. The van der Waals surface area contributed by atoms with Crippen molar-refractivity contribution in [3.8, 4) is 0 Å². The van der Waals surface area contributed by atoms with Crippen molar-refractivity contribution in [2.45, 2.75) is 27.7 Å². The molecule has 0 aliphatic heterocycles. The van der Waals surface area contributed by atoms with E-state index in [9.17, 15) is 0 Å². The first-order valence-corrected chi connectivity index (χ1v) is 7.11. The summed E-state index contributed by atoms with van der Waals surface area (Å²) < 4.78 is 0. The van der Waals surface area contributed by atoms with Crippen LogP contribution in [0.4, 0.5) is 11.5 Å². The predicted molar refractivity (Wildman–Crippen MR) is 88.6 cm³/mol. The van der Waals surface area contributed by atoms with Gasteiger partial charge >= 0.3 is 0 Å². The van der Waals surface area contributed by atoms with Crippen molar-refractivity contribution in [2.24, 2.45) is 5.73 Å². The number of aromatic nitrogens is 1. The molecule has 1 aromatic carbocycles. The maximum atomic E-state index is 7.87. The van der Waals surface area contributed by atoms with Gasteiger partial charge in [-0.25, -0.2) is 4.98 Å². The number of nitrogen functional groups attached to an aromatic ring is 1. The van der Waals surface area contributed by atoms with Gasteiger partial charge in [-0.1, -0.05) is 12.1 Å². The molecular weight excluding hydrogens is 260 g/mol. The minimum absolute atomic E-state index is 0.0566. The lowest BCUT2D eigenvalue weighted by Crippen LogP contribution is -2.24. The van der Waals surface area contributed by atoms with E-state index in [4.69, 9.17) is 11.1 Å². The average Bonchev–Trinajstić information content (AvgIpc) is 2.38. The Kier molecular flexibility index (Phi) is 4.26. The van der Waals surface area contributed by atoms with Gasteiger partial charge in [0, 0.05) is 17.9 Å². The third-order valence-corrected chi connectivity index (χ3v) is 3.48. The van der Waals surface area contributed by atoms with Crippen LogP contribution in [0.15, 0.2) is 30.3 Å². The zero-order valence-electron chi connectivity index (χ0n) is 13.1. The number of nitrogens with zero attached hydrogens (tertiary/aromatic N) is 2. The highest BCUT2D eigenvalue weighted by atomic mass is 15.2. The van der Waals surface area contributed by atoms with E-state index in [2.05, 4.69) is 41.9 Å². The maximum Gasteiger partial charge on any atom is 0.144 e. The number of rotatable bonds is 4. The van der Waals surface area contributed by atoms with Crippen LogP contribution in [0.3, 0.4) is 0 Å². The molecule has 0 fully saturated rings. The van der Waals surface area contributed by atoms with Gasteiger partial charge < -0.3 is 10.6 Å². The van der Waals surface area contributed by atoms with E-state index < -0.39 is 0 Å². The monoisotopic (exact) mass is 282 g/mol. The van der Waals surface area contributed by atoms with Gasteiger partial charge in [-0.3, -0.25) is 5.41 Å². The first-order chi connectivity index (χ1) is 9.93. The van der Waals surface area contributed by atoms with Crippen molar-refractivity contribution < 1.29 is 0 Å². The van der Waals surface area contributed by atoms with Gasteiger partial charge in [-0.05, 0) is 57.0 Å². The van der Waals surface area contributed by atoms with Crippen LogP contribution in [0.2, 0.25) is 0 Å². The molecule has 0 spiro atoms. The quantitative estimate of drug-likeness (QED) is 0.666. The van der Waals surface area contributed by atoms with Crippen molar-refractivity contribution in [1.29, 1.82) is 5.41 Å². The van der Waals surface area contributed by atoms with Crippen LogP contribution in [0.5, 0.6) is 0 Å². The molecule has 1 aromatic heterocycles. The maximum absolute atomic E-state index is 7.87. The van der Waals surface area contributed by atoms with E-state index in [-0.39, 0.29) is 5.84 Å². The summed E-state index contributed by atoms with van der Waals surface area (Å²) in [6.07, 6.45) is 0. The molecule has 0 bridgehead atoms. The summed E-state index contributed by atoms with van der Waals surface area (Å²) in [5.41, 5.74) is 10.7. The van der Waals surface area contributed by atoms with Crippen molar-refractivity contribution >= 4 is 17.3 Å². The number of pyridine rings is 1. The summed E-state index contributed by atoms with van der Waals surface area (Å²) in [7, 11) is 0. The van der Waals surface area contributed by atoms with Crippen molar-refractivity contribution in [3.63, 3.8) is 0 Å². The molecule has 1 heterocycles. The van der Waals surface area contributed by atoms with Crippen LogP contribution < -0.4 is 10.6 Å². The van der Waals surface area contributed by atoms with E-state index in [1.165, 1.54) is 5.56 Å². The molecular formula is C17H22N4. The third kappa shape index (κ3) is 3.05. The number of hydrogen-bond acceptors (Lipinski definition) is 3. The Hall–Kier alpha value is -2.36. The second kappa shape index (κ2) is 5.95. The number of benzene rings is 1. The topological polar surface area (TPSA) is 66.0 Å². The van der Waals surface area contributed by atoms with Crippen LogP contribution in [-0.2, 0) is 0 Å². The normalized spacial score (nSPS) is 10.5. The molecule has 0 radical (unpaired) electrons. The van der Waals surface area contributed by atoms with Crippen LogP contribution >= 0.6 is 0 Å². The molecule has 2 rings (SSSR count). The van der Waals surface area contributed by atoms with Gasteiger partial charge in [0.15, 0.2) is 0 Å². The van der Waals surface area contributed by atoms with Gasteiger partial charge in [0.25, 0.3) is 0 Å². The lowest BCUT2D eigenvalue weighted by atomic mass is 10.1. The summed E-state index contributed by atoms with van der Waals surface area (Å²) >= 11 is 0. The second-order valence-electron chi connectivity index (χ2n) is 5.28. The molecule has 2 aromatic rings. The van der Waals surface area contributed by atoms with E-state index in [0.717, 1.165) is 29.3 Å². The summed E-state index contributed by atoms with van der Waals surface area (Å²) in [6, 6.07) is 10.2. The largest absolute Gasteiger partial charge is 0.384 e. The molecule has 0 saturated carbocycles. The van der Waals surface area contributed by atoms with Gasteiger partial charge in [0.1, 0.15) is 11.7 Å². The molecule has 4 nitrogen and oxygen atoms in total. The Labute approximate surface area is 126 Å². The van der Waals surface area contributed by atoms with Crippen LogP contribution in [-0.4, -0.2) is 17.4 Å². The lowest BCUT2D eigenvalue weighted by Gasteiger charge is -2.26. The Balaban J connectivity index is 2.65. The zero-order chi connectivity index (χ0) is 15.6. The highest BCUT2D eigenvalue weighted by molar-refractivity contribution is 6.01. The fourth-order valence-electron chi connectivity index (χ4n) is 2.60.